The van der Waals surface area contributed by atoms with Gasteiger partial charge in [-0.1, -0.05) is 0 Å². The van der Waals surface area contributed by atoms with E-state index in [1.807, 2.05) is 0 Å². The molecule has 1 amide bonds. The average molecular weight is 322 g/mol. The van der Waals surface area contributed by atoms with Gasteiger partial charge in [-0.15, -0.1) is 24.8 Å². The summed E-state index contributed by atoms with van der Waals surface area (Å²) < 4.78 is 13.0. The highest BCUT2D eigenvalue weighted by Crippen LogP contribution is 2.26. The summed E-state index contributed by atoms with van der Waals surface area (Å²) in [4.78, 5) is 15.7. The Bertz CT molecular complexity index is 463. The van der Waals surface area contributed by atoms with Crippen LogP contribution in [0.15, 0.2) is 18.5 Å². The largest absolute Gasteiger partial charge is 0.349 e. The first-order valence-electron chi connectivity index (χ1n) is 6.38. The second-order valence-corrected chi connectivity index (χ2v) is 5.17. The van der Waals surface area contributed by atoms with Crippen LogP contribution in [-0.4, -0.2) is 29.0 Å². The molecule has 1 aromatic rings. The van der Waals surface area contributed by atoms with Gasteiger partial charge in [0.1, 0.15) is 5.82 Å². The molecule has 2 aliphatic heterocycles. The van der Waals surface area contributed by atoms with Gasteiger partial charge in [-0.25, -0.2) is 4.39 Å². The minimum Gasteiger partial charge on any atom is -0.349 e. The van der Waals surface area contributed by atoms with E-state index < -0.39 is 5.82 Å². The zero-order valence-electron chi connectivity index (χ0n) is 10.8. The van der Waals surface area contributed by atoms with Crippen molar-refractivity contribution in [1.29, 1.82) is 0 Å². The standard InChI is InChI=1S/C13H16FN3O.2ClH/c14-9-3-8(6-15-7-9)13(18)17-12-4-10-1-2-11(5-12)16-10;;/h3,6-7,10-12,16H,1-2,4-5H2,(H,17,18);2*1H. The predicted octanol–water partition coefficient (Wildman–Crippen LogP) is 2.08. The molecule has 3 rings (SSSR count). The summed E-state index contributed by atoms with van der Waals surface area (Å²) in [5.74, 6) is -0.707. The van der Waals surface area contributed by atoms with Crippen LogP contribution in [0.1, 0.15) is 36.0 Å². The number of halogens is 3. The van der Waals surface area contributed by atoms with Crippen molar-refractivity contribution < 1.29 is 9.18 Å². The van der Waals surface area contributed by atoms with Gasteiger partial charge < -0.3 is 10.6 Å². The molecule has 2 N–H and O–H groups in total. The first-order valence-corrected chi connectivity index (χ1v) is 6.38. The monoisotopic (exact) mass is 321 g/mol. The molecule has 20 heavy (non-hydrogen) atoms. The summed E-state index contributed by atoms with van der Waals surface area (Å²) in [6.07, 6.45) is 6.81. The number of fused-ring (bicyclic) bond motifs is 2. The molecular formula is C13H18Cl2FN3O. The summed E-state index contributed by atoms with van der Waals surface area (Å²) in [5.41, 5.74) is 0.292. The number of nitrogens with zero attached hydrogens (tertiary/aromatic N) is 1. The second-order valence-electron chi connectivity index (χ2n) is 5.17. The van der Waals surface area contributed by atoms with Crippen LogP contribution >= 0.6 is 24.8 Å². The normalized spacial score (nSPS) is 27.1. The highest BCUT2D eigenvalue weighted by molar-refractivity contribution is 5.94. The fourth-order valence-electron chi connectivity index (χ4n) is 2.98. The lowest BCUT2D eigenvalue weighted by Crippen LogP contribution is -2.48. The number of nitrogens with one attached hydrogen (secondary N) is 2. The third-order valence-corrected chi connectivity index (χ3v) is 3.78. The Morgan fingerprint density at radius 2 is 1.90 bits per heavy atom. The van der Waals surface area contributed by atoms with Gasteiger partial charge in [0.05, 0.1) is 11.8 Å². The van der Waals surface area contributed by atoms with Gasteiger partial charge in [0.25, 0.3) is 5.91 Å². The fraction of sp³-hybridized carbons (Fsp3) is 0.538. The number of hydrogen-bond donors (Lipinski definition) is 2. The van der Waals surface area contributed by atoms with Gasteiger partial charge in [0.15, 0.2) is 0 Å². The molecule has 0 saturated carbocycles. The maximum absolute atomic E-state index is 13.0. The molecule has 2 saturated heterocycles. The zero-order valence-corrected chi connectivity index (χ0v) is 12.5. The van der Waals surface area contributed by atoms with E-state index in [1.165, 1.54) is 25.1 Å². The van der Waals surface area contributed by atoms with Crippen molar-refractivity contribution in [2.24, 2.45) is 0 Å². The summed E-state index contributed by atoms with van der Waals surface area (Å²) >= 11 is 0. The lowest BCUT2D eigenvalue weighted by molar-refractivity contribution is 0.0923. The number of hydrogen-bond acceptors (Lipinski definition) is 3. The molecule has 0 spiro atoms. The van der Waals surface area contributed by atoms with Gasteiger partial charge in [0, 0.05) is 24.3 Å². The van der Waals surface area contributed by atoms with E-state index in [1.54, 1.807) is 0 Å². The highest BCUT2D eigenvalue weighted by atomic mass is 35.5. The van der Waals surface area contributed by atoms with E-state index in [0.717, 1.165) is 19.0 Å². The molecule has 0 radical (unpaired) electrons. The van der Waals surface area contributed by atoms with Gasteiger partial charge in [0.2, 0.25) is 0 Å². The Morgan fingerprint density at radius 1 is 1.25 bits per heavy atom. The Kier molecular flexibility index (Phi) is 6.17. The topological polar surface area (TPSA) is 54.0 Å². The van der Waals surface area contributed by atoms with E-state index >= 15 is 0 Å². The molecule has 0 aromatic carbocycles. The van der Waals surface area contributed by atoms with Gasteiger partial charge in [-0.05, 0) is 31.7 Å². The van der Waals surface area contributed by atoms with Crippen LogP contribution < -0.4 is 10.6 Å². The van der Waals surface area contributed by atoms with Gasteiger partial charge >= 0.3 is 0 Å². The summed E-state index contributed by atoms with van der Waals surface area (Å²) in [6, 6.07) is 2.47. The second kappa shape index (κ2) is 7.20. The first-order chi connectivity index (χ1) is 8.70. The van der Waals surface area contributed by atoms with Crippen LogP contribution in [0, 0.1) is 5.82 Å². The number of carbonyl (C=O) groups excluding carboxylic acids is 1. The Balaban J connectivity index is 0.000001000. The molecule has 2 fully saturated rings. The molecule has 2 aliphatic rings. The van der Waals surface area contributed by atoms with Gasteiger partial charge in [-0.2, -0.15) is 0 Å². The van der Waals surface area contributed by atoms with Crippen molar-refractivity contribution in [2.45, 2.75) is 43.8 Å². The van der Waals surface area contributed by atoms with E-state index in [9.17, 15) is 9.18 Å². The average Bonchev–Trinajstić information content (AvgIpc) is 2.69. The molecule has 1 aromatic heterocycles. The number of rotatable bonds is 2. The number of piperidine rings is 1. The molecule has 3 heterocycles. The predicted molar refractivity (Wildman–Crippen MR) is 79.1 cm³/mol. The SMILES string of the molecule is Cl.Cl.O=C(NC1CC2CCC(C1)N2)c1cncc(F)c1. The number of pyridine rings is 1. The zero-order chi connectivity index (χ0) is 12.5. The highest BCUT2D eigenvalue weighted by Gasteiger charge is 2.34. The van der Waals surface area contributed by atoms with Crippen molar-refractivity contribution in [3.8, 4) is 0 Å². The lowest BCUT2D eigenvalue weighted by atomic mass is 9.99. The third-order valence-electron chi connectivity index (χ3n) is 3.78. The summed E-state index contributed by atoms with van der Waals surface area (Å²) in [6.45, 7) is 0. The third kappa shape index (κ3) is 3.81. The maximum Gasteiger partial charge on any atom is 0.253 e. The number of amides is 1. The van der Waals surface area contributed by atoms with E-state index in [2.05, 4.69) is 15.6 Å². The van der Waals surface area contributed by atoms with Crippen molar-refractivity contribution in [1.82, 2.24) is 15.6 Å². The molecule has 2 unspecified atom stereocenters. The van der Waals surface area contributed by atoms with Crippen LogP contribution in [0.5, 0.6) is 0 Å². The Morgan fingerprint density at radius 3 is 2.50 bits per heavy atom. The fourth-order valence-corrected chi connectivity index (χ4v) is 2.98. The number of aromatic nitrogens is 1. The van der Waals surface area contributed by atoms with Crippen molar-refractivity contribution >= 4 is 30.7 Å². The summed E-state index contributed by atoms with van der Waals surface area (Å²) in [5, 5.41) is 6.50. The first kappa shape index (κ1) is 17.1. The quantitative estimate of drug-likeness (QED) is 0.876. The lowest BCUT2D eigenvalue weighted by Gasteiger charge is -2.29. The summed E-state index contributed by atoms with van der Waals surface area (Å²) in [7, 11) is 0. The van der Waals surface area contributed by atoms with Crippen LogP contribution in [0.4, 0.5) is 4.39 Å². The molecule has 4 nitrogen and oxygen atoms in total. The van der Waals surface area contributed by atoms with Crippen molar-refractivity contribution in [2.75, 3.05) is 0 Å². The molecule has 2 atom stereocenters. The van der Waals surface area contributed by atoms with Crippen molar-refractivity contribution in [3.05, 3.63) is 29.8 Å². The van der Waals surface area contributed by atoms with Crippen LogP contribution in [-0.2, 0) is 0 Å². The Hall–Kier alpha value is -0.910. The minimum atomic E-state index is -0.479. The van der Waals surface area contributed by atoms with Crippen LogP contribution in [0.3, 0.4) is 0 Å². The molecule has 2 bridgehead atoms. The molecule has 0 aliphatic carbocycles. The molecule has 112 valence electrons. The molecule has 7 heteroatoms. The van der Waals surface area contributed by atoms with Crippen LogP contribution in [0.25, 0.3) is 0 Å². The number of carbonyl (C=O) groups is 1. The van der Waals surface area contributed by atoms with Gasteiger partial charge in [-0.3, -0.25) is 9.78 Å². The van der Waals surface area contributed by atoms with E-state index in [0.29, 0.717) is 17.6 Å². The van der Waals surface area contributed by atoms with Crippen LogP contribution in [0.2, 0.25) is 0 Å². The maximum atomic E-state index is 13.0. The van der Waals surface area contributed by atoms with E-state index in [4.69, 9.17) is 0 Å². The van der Waals surface area contributed by atoms with Crippen molar-refractivity contribution in [3.63, 3.8) is 0 Å². The minimum absolute atomic E-state index is 0. The Labute approximate surface area is 129 Å². The smallest absolute Gasteiger partial charge is 0.253 e. The van der Waals surface area contributed by atoms with E-state index in [-0.39, 0.29) is 36.8 Å². The molecular weight excluding hydrogens is 304 g/mol.